The molecule has 0 saturated heterocycles. The van der Waals surface area contributed by atoms with Gasteiger partial charge < -0.3 is 9.47 Å². The van der Waals surface area contributed by atoms with Gasteiger partial charge >= 0.3 is 11.9 Å². The molecule has 92 valence electrons. The van der Waals surface area contributed by atoms with Crippen LogP contribution in [0.25, 0.3) is 0 Å². The summed E-state index contributed by atoms with van der Waals surface area (Å²) in [6, 6.07) is 0. The second-order valence-electron chi connectivity index (χ2n) is 4.68. The molecule has 0 aromatic heterocycles. The minimum atomic E-state index is -1.09. The first-order valence-corrected chi connectivity index (χ1v) is 5.60. The summed E-state index contributed by atoms with van der Waals surface area (Å²) in [4.78, 5) is 23.7. The smallest absolute Gasteiger partial charge is 0.324 e. The number of carbonyl (C=O) groups excluding carboxylic acids is 2. The molecule has 4 nitrogen and oxygen atoms in total. The zero-order valence-electron chi connectivity index (χ0n) is 10.6. The zero-order chi connectivity index (χ0) is 12.6. The van der Waals surface area contributed by atoms with E-state index in [2.05, 4.69) is 0 Å². The lowest BCUT2D eigenvalue weighted by atomic mass is 9.90. The summed E-state index contributed by atoms with van der Waals surface area (Å²) in [5.41, 5.74) is -1.42. The van der Waals surface area contributed by atoms with Crippen LogP contribution in [0.2, 0.25) is 0 Å². The normalized spacial score (nSPS) is 30.7. The molecule has 0 aliphatic heterocycles. The molecule has 0 aromatic rings. The van der Waals surface area contributed by atoms with E-state index in [9.17, 15) is 9.59 Å². The number of rotatable bonds is 4. The van der Waals surface area contributed by atoms with Crippen LogP contribution in [0.3, 0.4) is 0 Å². The molecule has 1 aliphatic rings. The summed E-state index contributed by atoms with van der Waals surface area (Å²) in [6.07, 6.45) is 1.74. The van der Waals surface area contributed by atoms with Crippen LogP contribution in [0.5, 0.6) is 0 Å². The molecule has 16 heavy (non-hydrogen) atoms. The molecular formula is C12H20O4. The van der Waals surface area contributed by atoms with Gasteiger partial charge in [0.1, 0.15) is 0 Å². The highest BCUT2D eigenvalue weighted by atomic mass is 16.5. The van der Waals surface area contributed by atoms with Gasteiger partial charge in [0.25, 0.3) is 0 Å². The van der Waals surface area contributed by atoms with Crippen molar-refractivity contribution < 1.29 is 19.1 Å². The maximum Gasteiger partial charge on any atom is 0.324 e. The van der Waals surface area contributed by atoms with E-state index in [0.717, 1.165) is 12.8 Å². The zero-order valence-corrected chi connectivity index (χ0v) is 10.6. The van der Waals surface area contributed by atoms with E-state index in [1.54, 1.807) is 0 Å². The molecule has 0 bridgehead atoms. The Hall–Kier alpha value is -1.06. The summed E-state index contributed by atoms with van der Waals surface area (Å²) in [5, 5.41) is 0. The first-order chi connectivity index (χ1) is 7.43. The quantitative estimate of drug-likeness (QED) is 0.543. The van der Waals surface area contributed by atoms with Crippen LogP contribution in [0.15, 0.2) is 0 Å². The van der Waals surface area contributed by atoms with E-state index in [1.807, 2.05) is 20.8 Å². The van der Waals surface area contributed by atoms with Gasteiger partial charge in [-0.2, -0.15) is 0 Å². The van der Waals surface area contributed by atoms with Gasteiger partial charge in [-0.15, -0.1) is 0 Å². The van der Waals surface area contributed by atoms with Crippen LogP contribution in [0, 0.1) is 16.7 Å². The average Bonchev–Trinajstić information content (AvgIpc) is 2.75. The lowest BCUT2D eigenvalue weighted by Gasteiger charge is -2.17. The maximum absolute atomic E-state index is 11.9. The molecule has 0 aromatic carbocycles. The first kappa shape index (κ1) is 13.0. The Balaban J connectivity index is 3.10. The molecule has 0 unspecified atom stereocenters. The molecule has 1 rings (SSSR count). The van der Waals surface area contributed by atoms with E-state index in [0.29, 0.717) is 0 Å². The number of carbonyl (C=O) groups is 2. The highest BCUT2D eigenvalue weighted by Crippen LogP contribution is 2.72. The maximum atomic E-state index is 11.9. The fourth-order valence-corrected chi connectivity index (χ4v) is 3.07. The van der Waals surface area contributed by atoms with Crippen LogP contribution in [-0.4, -0.2) is 26.2 Å². The first-order valence-electron chi connectivity index (χ1n) is 5.60. The van der Waals surface area contributed by atoms with Gasteiger partial charge in [-0.25, -0.2) is 0 Å². The predicted molar refractivity (Wildman–Crippen MR) is 58.6 cm³/mol. The highest BCUT2D eigenvalue weighted by Gasteiger charge is 2.81. The SMILES string of the molecule is CCC[C@@]1(C)[C@H](C)C1(C(=O)OC)C(=O)OC. The molecular weight excluding hydrogens is 208 g/mol. The van der Waals surface area contributed by atoms with Gasteiger partial charge in [0.2, 0.25) is 0 Å². The van der Waals surface area contributed by atoms with Gasteiger partial charge in [-0.3, -0.25) is 9.59 Å². The van der Waals surface area contributed by atoms with Crippen molar-refractivity contribution in [1.82, 2.24) is 0 Å². The topological polar surface area (TPSA) is 52.6 Å². The largest absolute Gasteiger partial charge is 0.468 e. The third kappa shape index (κ3) is 1.28. The molecule has 0 radical (unpaired) electrons. The van der Waals surface area contributed by atoms with Crippen molar-refractivity contribution in [2.24, 2.45) is 16.7 Å². The van der Waals surface area contributed by atoms with Gasteiger partial charge in [0.05, 0.1) is 14.2 Å². The fraction of sp³-hybridized carbons (Fsp3) is 0.833. The lowest BCUT2D eigenvalue weighted by molar-refractivity contribution is -0.164. The standard InChI is InChI=1S/C12H20O4/c1-6-7-11(3)8(2)12(11,9(13)15-4)10(14)16-5/h8H,6-7H2,1-5H3/t8-,11-/m0/s1. The number of hydrogen-bond donors (Lipinski definition) is 0. The summed E-state index contributed by atoms with van der Waals surface area (Å²) in [5.74, 6) is -0.967. The molecule has 0 spiro atoms. The van der Waals surface area contributed by atoms with Crippen molar-refractivity contribution in [2.75, 3.05) is 14.2 Å². The molecule has 0 amide bonds. The van der Waals surface area contributed by atoms with Crippen LogP contribution in [0.1, 0.15) is 33.6 Å². The van der Waals surface area contributed by atoms with Gasteiger partial charge in [0.15, 0.2) is 5.41 Å². The van der Waals surface area contributed by atoms with Crippen molar-refractivity contribution >= 4 is 11.9 Å². The minimum Gasteiger partial charge on any atom is -0.468 e. The van der Waals surface area contributed by atoms with E-state index < -0.39 is 17.4 Å². The Morgan fingerprint density at radius 3 is 1.94 bits per heavy atom. The number of ether oxygens (including phenoxy) is 2. The van der Waals surface area contributed by atoms with E-state index in [1.165, 1.54) is 14.2 Å². The second-order valence-corrected chi connectivity index (χ2v) is 4.68. The average molecular weight is 228 g/mol. The molecule has 4 heteroatoms. The fourth-order valence-electron chi connectivity index (χ4n) is 3.07. The van der Waals surface area contributed by atoms with Crippen LogP contribution < -0.4 is 0 Å². The molecule has 2 atom stereocenters. The Morgan fingerprint density at radius 1 is 1.19 bits per heavy atom. The summed E-state index contributed by atoms with van der Waals surface area (Å²) < 4.78 is 9.55. The van der Waals surface area contributed by atoms with Gasteiger partial charge in [-0.1, -0.05) is 27.2 Å². The van der Waals surface area contributed by atoms with Crippen LogP contribution in [-0.2, 0) is 19.1 Å². The van der Waals surface area contributed by atoms with E-state index in [-0.39, 0.29) is 11.3 Å². The van der Waals surface area contributed by atoms with Crippen molar-refractivity contribution in [2.45, 2.75) is 33.6 Å². The lowest BCUT2D eigenvalue weighted by Crippen LogP contribution is -2.34. The predicted octanol–water partition coefficient (Wildman–Crippen LogP) is 1.77. The third-order valence-corrected chi connectivity index (χ3v) is 4.21. The summed E-state index contributed by atoms with van der Waals surface area (Å²) in [7, 11) is 2.62. The monoisotopic (exact) mass is 228 g/mol. The summed E-state index contributed by atoms with van der Waals surface area (Å²) >= 11 is 0. The summed E-state index contributed by atoms with van der Waals surface area (Å²) in [6.45, 7) is 5.90. The number of esters is 2. The van der Waals surface area contributed by atoms with Crippen molar-refractivity contribution in [3.05, 3.63) is 0 Å². The van der Waals surface area contributed by atoms with Crippen LogP contribution in [0.4, 0.5) is 0 Å². The Labute approximate surface area is 96.3 Å². The van der Waals surface area contributed by atoms with E-state index in [4.69, 9.17) is 9.47 Å². The number of hydrogen-bond acceptors (Lipinski definition) is 4. The second kappa shape index (κ2) is 4.07. The number of methoxy groups -OCH3 is 2. The Bertz CT molecular complexity index is 294. The highest BCUT2D eigenvalue weighted by molar-refractivity contribution is 6.05. The Morgan fingerprint density at radius 2 is 1.62 bits per heavy atom. The van der Waals surface area contributed by atoms with Gasteiger partial charge in [0, 0.05) is 0 Å². The minimum absolute atomic E-state index is 0.0279. The molecule has 1 saturated carbocycles. The van der Waals surface area contributed by atoms with E-state index >= 15 is 0 Å². The van der Waals surface area contributed by atoms with Gasteiger partial charge in [-0.05, 0) is 17.8 Å². The molecule has 1 aliphatic carbocycles. The molecule has 1 fully saturated rings. The molecule has 0 heterocycles. The van der Waals surface area contributed by atoms with Crippen molar-refractivity contribution in [3.8, 4) is 0 Å². The third-order valence-electron chi connectivity index (χ3n) is 4.21. The van der Waals surface area contributed by atoms with Crippen molar-refractivity contribution in [3.63, 3.8) is 0 Å². The van der Waals surface area contributed by atoms with Crippen molar-refractivity contribution in [1.29, 1.82) is 0 Å². The molecule has 0 N–H and O–H groups in total. The van der Waals surface area contributed by atoms with Crippen LogP contribution >= 0.6 is 0 Å². The Kier molecular flexibility index (Phi) is 3.31.